The Labute approximate surface area is 118 Å². The maximum atomic E-state index is 11.7. The Morgan fingerprint density at radius 3 is 2.45 bits per heavy atom. The van der Waals surface area contributed by atoms with E-state index >= 15 is 0 Å². The summed E-state index contributed by atoms with van der Waals surface area (Å²) in [6.45, 7) is 4.18. The monoisotopic (exact) mass is 264 g/mol. The van der Waals surface area contributed by atoms with Gasteiger partial charge in [-0.25, -0.2) is 4.79 Å². The number of esters is 1. The Morgan fingerprint density at radius 2 is 1.75 bits per heavy atom. The fourth-order valence-electron chi connectivity index (χ4n) is 2.95. The summed E-state index contributed by atoms with van der Waals surface area (Å²) < 4.78 is 4.79. The number of rotatable bonds is 1. The molecule has 0 radical (unpaired) electrons. The molecule has 0 unspecified atom stereocenters. The normalized spacial score (nSPS) is 14.1. The molecule has 0 saturated heterocycles. The van der Waals surface area contributed by atoms with Gasteiger partial charge < -0.3 is 4.74 Å². The van der Waals surface area contributed by atoms with Gasteiger partial charge in [0.2, 0.25) is 0 Å². The first kappa shape index (κ1) is 12.7. The summed E-state index contributed by atoms with van der Waals surface area (Å²) in [4.78, 5) is 11.7. The van der Waals surface area contributed by atoms with Crippen molar-refractivity contribution >= 4 is 11.5 Å². The number of ether oxygens (including phenoxy) is 1. The maximum absolute atomic E-state index is 11.7. The Kier molecular flexibility index (Phi) is 2.94. The Hall–Kier alpha value is -2.35. The number of hydrogen-bond donors (Lipinski definition) is 0. The fraction of sp³-hybridized carbons (Fsp3) is 0.167. The molecule has 2 aromatic rings. The van der Waals surface area contributed by atoms with Crippen molar-refractivity contribution in [1.82, 2.24) is 0 Å². The average molecular weight is 264 g/mol. The molecule has 0 fully saturated rings. The topological polar surface area (TPSA) is 26.3 Å². The van der Waals surface area contributed by atoms with E-state index in [0.717, 1.165) is 16.7 Å². The molecule has 0 aromatic heterocycles. The number of hydrogen-bond acceptors (Lipinski definition) is 2. The van der Waals surface area contributed by atoms with Crippen LogP contribution in [0.2, 0.25) is 0 Å². The highest BCUT2D eigenvalue weighted by atomic mass is 16.5. The van der Waals surface area contributed by atoms with Crippen LogP contribution in [-0.2, 0) is 9.53 Å². The first-order valence-corrected chi connectivity index (χ1v) is 6.63. The number of aryl methyl sites for hydroxylation is 2. The number of carbonyl (C=O) groups is 1. The summed E-state index contributed by atoms with van der Waals surface area (Å²) in [6.07, 6.45) is 1.59. The lowest BCUT2D eigenvalue weighted by molar-refractivity contribution is -0.134. The number of carbonyl (C=O) groups excluding carboxylic acids is 1. The molecule has 3 rings (SSSR count). The molecule has 0 bridgehead atoms. The van der Waals surface area contributed by atoms with E-state index in [1.165, 1.54) is 29.4 Å². The maximum Gasteiger partial charge on any atom is 0.331 e. The van der Waals surface area contributed by atoms with E-state index in [9.17, 15) is 4.79 Å². The van der Waals surface area contributed by atoms with Gasteiger partial charge in [-0.3, -0.25) is 0 Å². The van der Waals surface area contributed by atoms with Crippen LogP contribution in [0.3, 0.4) is 0 Å². The highest BCUT2D eigenvalue weighted by Crippen LogP contribution is 2.45. The van der Waals surface area contributed by atoms with Gasteiger partial charge in [0, 0.05) is 6.08 Å². The van der Waals surface area contributed by atoms with Crippen LogP contribution in [0.1, 0.15) is 22.3 Å². The van der Waals surface area contributed by atoms with Crippen molar-refractivity contribution in [3.63, 3.8) is 0 Å². The smallest absolute Gasteiger partial charge is 0.331 e. The molecule has 1 aliphatic rings. The molecule has 2 aromatic carbocycles. The molecule has 0 amide bonds. The van der Waals surface area contributed by atoms with Crippen LogP contribution in [0.4, 0.5) is 0 Å². The van der Waals surface area contributed by atoms with E-state index < -0.39 is 0 Å². The lowest BCUT2D eigenvalue weighted by Gasteiger charge is -2.08. The van der Waals surface area contributed by atoms with E-state index in [2.05, 4.69) is 38.1 Å². The van der Waals surface area contributed by atoms with E-state index in [1.54, 1.807) is 6.08 Å². The second-order valence-electron chi connectivity index (χ2n) is 5.13. The van der Waals surface area contributed by atoms with Crippen molar-refractivity contribution in [2.24, 2.45) is 0 Å². The second kappa shape index (κ2) is 4.64. The zero-order valence-electron chi connectivity index (χ0n) is 11.9. The minimum atomic E-state index is -0.317. The van der Waals surface area contributed by atoms with Crippen molar-refractivity contribution in [3.8, 4) is 11.1 Å². The molecule has 0 N–H and O–H groups in total. The van der Waals surface area contributed by atoms with Crippen LogP contribution < -0.4 is 0 Å². The van der Waals surface area contributed by atoms with Crippen molar-refractivity contribution < 1.29 is 9.53 Å². The molecule has 0 saturated carbocycles. The molecule has 2 heteroatoms. The van der Waals surface area contributed by atoms with E-state index in [4.69, 9.17) is 4.74 Å². The average Bonchev–Trinajstić information content (AvgIpc) is 2.74. The molecule has 20 heavy (non-hydrogen) atoms. The number of fused-ring (bicyclic) bond motifs is 3. The standard InChI is InChI=1S/C18H16O2/c1-11-8-12(2)18-15(9-11)13-6-4-5-7-14(13)16(18)10-17(19)20-3/h4-10H,1-3H3/b16-10-. The molecule has 100 valence electrons. The van der Waals surface area contributed by atoms with Crippen LogP contribution in [0.5, 0.6) is 0 Å². The third-order valence-corrected chi connectivity index (χ3v) is 3.72. The summed E-state index contributed by atoms with van der Waals surface area (Å²) in [5, 5.41) is 0. The van der Waals surface area contributed by atoms with Crippen LogP contribution in [0.15, 0.2) is 42.5 Å². The van der Waals surface area contributed by atoms with Gasteiger partial charge in [-0.05, 0) is 47.2 Å². The third-order valence-electron chi connectivity index (χ3n) is 3.72. The van der Waals surface area contributed by atoms with Crippen molar-refractivity contribution in [2.45, 2.75) is 13.8 Å². The van der Waals surface area contributed by atoms with Crippen molar-refractivity contribution in [1.29, 1.82) is 0 Å². The van der Waals surface area contributed by atoms with Gasteiger partial charge in [0.05, 0.1) is 7.11 Å². The lowest BCUT2D eigenvalue weighted by Crippen LogP contribution is -1.97. The van der Waals surface area contributed by atoms with Crippen LogP contribution in [0, 0.1) is 13.8 Å². The summed E-state index contributed by atoms with van der Waals surface area (Å²) in [5.41, 5.74) is 8.00. The zero-order valence-corrected chi connectivity index (χ0v) is 11.9. The molecular formula is C18H16O2. The van der Waals surface area contributed by atoms with E-state index in [0.29, 0.717) is 0 Å². The molecular weight excluding hydrogens is 248 g/mol. The fourth-order valence-corrected chi connectivity index (χ4v) is 2.95. The van der Waals surface area contributed by atoms with Gasteiger partial charge in [0.1, 0.15) is 0 Å². The van der Waals surface area contributed by atoms with Crippen LogP contribution in [0.25, 0.3) is 16.7 Å². The van der Waals surface area contributed by atoms with Gasteiger partial charge in [0.25, 0.3) is 0 Å². The second-order valence-corrected chi connectivity index (χ2v) is 5.13. The first-order valence-electron chi connectivity index (χ1n) is 6.63. The lowest BCUT2D eigenvalue weighted by atomic mass is 9.97. The molecule has 0 spiro atoms. The van der Waals surface area contributed by atoms with E-state index in [-0.39, 0.29) is 5.97 Å². The minimum Gasteiger partial charge on any atom is -0.466 e. The van der Waals surface area contributed by atoms with Crippen LogP contribution in [-0.4, -0.2) is 13.1 Å². The summed E-state index contributed by atoms with van der Waals surface area (Å²) in [5.74, 6) is -0.317. The molecule has 1 aliphatic carbocycles. The molecule has 0 aliphatic heterocycles. The first-order chi connectivity index (χ1) is 9.61. The van der Waals surface area contributed by atoms with Crippen LogP contribution >= 0.6 is 0 Å². The quantitative estimate of drug-likeness (QED) is 0.492. The van der Waals surface area contributed by atoms with E-state index in [1.807, 2.05) is 12.1 Å². The predicted octanol–water partition coefficient (Wildman–Crippen LogP) is 3.89. The van der Waals surface area contributed by atoms with Gasteiger partial charge in [-0.15, -0.1) is 0 Å². The zero-order chi connectivity index (χ0) is 14.3. The third kappa shape index (κ3) is 1.85. The molecule has 0 atom stereocenters. The largest absolute Gasteiger partial charge is 0.466 e. The summed E-state index contributed by atoms with van der Waals surface area (Å²) in [7, 11) is 1.41. The Bertz CT molecular complexity index is 739. The summed E-state index contributed by atoms with van der Waals surface area (Å²) in [6, 6.07) is 12.5. The predicted molar refractivity (Wildman–Crippen MR) is 80.4 cm³/mol. The van der Waals surface area contributed by atoms with Crippen molar-refractivity contribution in [2.75, 3.05) is 7.11 Å². The Morgan fingerprint density at radius 1 is 1.05 bits per heavy atom. The van der Waals surface area contributed by atoms with Crippen molar-refractivity contribution in [3.05, 3.63) is 64.7 Å². The minimum absolute atomic E-state index is 0.317. The molecule has 0 heterocycles. The van der Waals surface area contributed by atoms with Gasteiger partial charge in [0.15, 0.2) is 0 Å². The number of methoxy groups -OCH3 is 1. The summed E-state index contributed by atoms with van der Waals surface area (Å²) >= 11 is 0. The Balaban J connectivity index is 2.34. The highest BCUT2D eigenvalue weighted by Gasteiger charge is 2.25. The molecule has 2 nitrogen and oxygen atoms in total. The SMILES string of the molecule is COC(=O)/C=C1/c2ccccc2-c2cc(C)cc(C)c21. The van der Waals surface area contributed by atoms with Gasteiger partial charge in [-0.1, -0.05) is 42.0 Å². The highest BCUT2D eigenvalue weighted by molar-refractivity contribution is 6.07. The van der Waals surface area contributed by atoms with Gasteiger partial charge >= 0.3 is 5.97 Å². The number of benzene rings is 2. The van der Waals surface area contributed by atoms with Gasteiger partial charge in [-0.2, -0.15) is 0 Å².